The second-order valence-corrected chi connectivity index (χ2v) is 5.17. The molecule has 0 fully saturated rings. The molecule has 0 atom stereocenters. The molecule has 0 saturated carbocycles. The quantitative estimate of drug-likeness (QED) is 0.488. The molecule has 1 aromatic heterocycles. The molecule has 0 saturated heterocycles. The monoisotopic (exact) mass is 293 g/mol. The third kappa shape index (κ3) is 3.98. The summed E-state index contributed by atoms with van der Waals surface area (Å²) in [4.78, 5) is 15.7. The van der Waals surface area contributed by atoms with Crippen LogP contribution in [-0.4, -0.2) is 18.1 Å². The van der Waals surface area contributed by atoms with Gasteiger partial charge in [0.05, 0.1) is 17.7 Å². The van der Waals surface area contributed by atoms with Gasteiger partial charge in [-0.3, -0.25) is 0 Å². The third-order valence-electron chi connectivity index (χ3n) is 2.42. The van der Waals surface area contributed by atoms with Crippen molar-refractivity contribution in [3.8, 4) is 0 Å². The lowest BCUT2D eigenvalue weighted by Gasteiger charge is -2.04. The van der Waals surface area contributed by atoms with Gasteiger partial charge in [0.1, 0.15) is 5.15 Å². The van der Waals surface area contributed by atoms with Gasteiger partial charge < -0.3 is 4.74 Å². The maximum Gasteiger partial charge on any atom is 0.338 e. The van der Waals surface area contributed by atoms with Gasteiger partial charge in [-0.1, -0.05) is 41.9 Å². The molecule has 0 bridgehead atoms. The summed E-state index contributed by atoms with van der Waals surface area (Å²) in [5.41, 5.74) is 1.60. The van der Waals surface area contributed by atoms with Crippen molar-refractivity contribution in [2.45, 2.75) is 10.8 Å². The molecular weight excluding hydrogens is 282 g/mol. The Bertz CT molecular complexity index is 575. The zero-order valence-corrected chi connectivity index (χ0v) is 11.9. The van der Waals surface area contributed by atoms with Crippen LogP contribution in [0.4, 0.5) is 0 Å². The first-order valence-corrected chi connectivity index (χ1v) is 6.98. The predicted octanol–water partition coefficient (Wildman–Crippen LogP) is 3.81. The molecule has 0 aliphatic heterocycles. The molecule has 0 spiro atoms. The topological polar surface area (TPSA) is 39.2 Å². The van der Waals surface area contributed by atoms with E-state index in [0.29, 0.717) is 15.7 Å². The van der Waals surface area contributed by atoms with E-state index >= 15 is 0 Å². The van der Waals surface area contributed by atoms with Gasteiger partial charge in [0, 0.05) is 5.75 Å². The fraction of sp³-hybridized carbons (Fsp3) is 0.143. The minimum Gasteiger partial charge on any atom is -0.465 e. The maximum absolute atomic E-state index is 11.5. The van der Waals surface area contributed by atoms with Crippen LogP contribution >= 0.6 is 23.4 Å². The number of carbonyl (C=O) groups excluding carboxylic acids is 1. The van der Waals surface area contributed by atoms with Crippen molar-refractivity contribution in [1.82, 2.24) is 4.98 Å². The molecule has 3 nitrogen and oxygen atoms in total. The molecule has 1 aromatic carbocycles. The number of rotatable bonds is 4. The third-order valence-corrected chi connectivity index (χ3v) is 3.60. The van der Waals surface area contributed by atoms with Crippen LogP contribution in [0.5, 0.6) is 0 Å². The highest BCUT2D eigenvalue weighted by atomic mass is 35.5. The molecule has 1 heterocycles. The Kier molecular flexibility index (Phi) is 4.82. The van der Waals surface area contributed by atoms with E-state index in [1.165, 1.54) is 30.5 Å². The van der Waals surface area contributed by atoms with E-state index in [1.807, 2.05) is 30.3 Å². The Hall–Kier alpha value is -1.52. The Morgan fingerprint density at radius 2 is 2.05 bits per heavy atom. The lowest BCUT2D eigenvalue weighted by atomic mass is 10.2. The number of benzene rings is 1. The number of hydrogen-bond acceptors (Lipinski definition) is 4. The normalized spacial score (nSPS) is 10.2. The Labute approximate surface area is 121 Å². The number of methoxy groups -OCH3 is 1. The first kappa shape index (κ1) is 13.9. The molecule has 2 aromatic rings. The van der Waals surface area contributed by atoms with E-state index in [9.17, 15) is 4.79 Å². The number of hydrogen-bond donors (Lipinski definition) is 0. The molecule has 19 heavy (non-hydrogen) atoms. The van der Waals surface area contributed by atoms with Gasteiger partial charge in [0.2, 0.25) is 0 Å². The zero-order chi connectivity index (χ0) is 13.7. The molecule has 98 valence electrons. The van der Waals surface area contributed by atoms with Crippen molar-refractivity contribution in [2.24, 2.45) is 0 Å². The summed E-state index contributed by atoms with van der Waals surface area (Å²) in [5, 5.41) is 0.996. The van der Waals surface area contributed by atoms with Gasteiger partial charge in [0.25, 0.3) is 0 Å². The molecule has 2 rings (SSSR count). The summed E-state index contributed by atoms with van der Waals surface area (Å²) in [6.07, 6.45) is 0. The summed E-state index contributed by atoms with van der Waals surface area (Å²) in [7, 11) is 1.34. The van der Waals surface area contributed by atoms with E-state index in [0.717, 1.165) is 5.75 Å². The summed E-state index contributed by atoms with van der Waals surface area (Å²) >= 11 is 7.43. The summed E-state index contributed by atoms with van der Waals surface area (Å²) in [5.74, 6) is 0.361. The smallest absolute Gasteiger partial charge is 0.338 e. The number of thioether (sulfide) groups is 1. The maximum atomic E-state index is 11.5. The SMILES string of the molecule is COC(=O)c1cc(Cl)nc(SCc2ccccc2)c1. The molecular formula is C14H12ClNO2S. The van der Waals surface area contributed by atoms with Gasteiger partial charge >= 0.3 is 5.97 Å². The van der Waals surface area contributed by atoms with Gasteiger partial charge in [-0.2, -0.15) is 0 Å². The average molecular weight is 294 g/mol. The van der Waals surface area contributed by atoms with Crippen LogP contribution in [0, 0.1) is 0 Å². The van der Waals surface area contributed by atoms with Crippen LogP contribution in [0.15, 0.2) is 47.5 Å². The minimum absolute atomic E-state index is 0.290. The molecule has 0 N–H and O–H groups in total. The standard InChI is InChI=1S/C14H12ClNO2S/c1-18-14(17)11-7-12(15)16-13(8-11)19-9-10-5-3-2-4-6-10/h2-8H,9H2,1H3. The first-order valence-electron chi connectivity index (χ1n) is 5.61. The molecule has 0 aliphatic carbocycles. The fourth-order valence-electron chi connectivity index (χ4n) is 1.51. The van der Waals surface area contributed by atoms with E-state index in [-0.39, 0.29) is 0 Å². The number of esters is 1. The Morgan fingerprint density at radius 3 is 2.74 bits per heavy atom. The van der Waals surface area contributed by atoms with Gasteiger partial charge in [-0.15, -0.1) is 11.8 Å². The van der Waals surface area contributed by atoms with E-state index in [2.05, 4.69) is 9.72 Å². The number of carbonyl (C=O) groups is 1. The first-order chi connectivity index (χ1) is 9.19. The largest absolute Gasteiger partial charge is 0.465 e. The number of pyridine rings is 1. The minimum atomic E-state index is -0.411. The lowest BCUT2D eigenvalue weighted by molar-refractivity contribution is 0.0600. The fourth-order valence-corrected chi connectivity index (χ4v) is 2.65. The number of nitrogens with zero attached hydrogens (tertiary/aromatic N) is 1. The molecule has 0 aliphatic rings. The highest BCUT2D eigenvalue weighted by Crippen LogP contribution is 2.24. The van der Waals surface area contributed by atoms with E-state index in [1.54, 1.807) is 6.07 Å². The van der Waals surface area contributed by atoms with E-state index in [4.69, 9.17) is 11.6 Å². The van der Waals surface area contributed by atoms with Crippen LogP contribution < -0.4 is 0 Å². The molecule has 0 amide bonds. The number of ether oxygens (including phenoxy) is 1. The van der Waals surface area contributed by atoms with E-state index < -0.39 is 5.97 Å². The zero-order valence-electron chi connectivity index (χ0n) is 10.3. The Morgan fingerprint density at radius 1 is 1.32 bits per heavy atom. The predicted molar refractivity (Wildman–Crippen MR) is 76.6 cm³/mol. The van der Waals surface area contributed by atoms with Crippen molar-refractivity contribution < 1.29 is 9.53 Å². The summed E-state index contributed by atoms with van der Waals surface area (Å²) < 4.78 is 4.67. The number of aromatic nitrogens is 1. The molecule has 0 unspecified atom stereocenters. The van der Waals surface area contributed by atoms with Crippen molar-refractivity contribution in [2.75, 3.05) is 7.11 Å². The second kappa shape index (κ2) is 6.59. The van der Waals surface area contributed by atoms with Crippen LogP contribution in [0.3, 0.4) is 0 Å². The van der Waals surface area contributed by atoms with Crippen molar-refractivity contribution in [3.63, 3.8) is 0 Å². The second-order valence-electron chi connectivity index (χ2n) is 3.78. The average Bonchev–Trinajstić information content (AvgIpc) is 2.45. The van der Waals surface area contributed by atoms with Crippen molar-refractivity contribution >= 4 is 29.3 Å². The summed E-state index contributed by atoms with van der Waals surface area (Å²) in [6, 6.07) is 13.2. The van der Waals surface area contributed by atoms with Crippen LogP contribution in [0.25, 0.3) is 0 Å². The lowest BCUT2D eigenvalue weighted by Crippen LogP contribution is -2.02. The highest BCUT2D eigenvalue weighted by Gasteiger charge is 2.09. The number of halogens is 1. The highest BCUT2D eigenvalue weighted by molar-refractivity contribution is 7.98. The van der Waals surface area contributed by atoms with Gasteiger partial charge in [-0.05, 0) is 17.7 Å². The van der Waals surface area contributed by atoms with Crippen LogP contribution in [0.2, 0.25) is 5.15 Å². The summed E-state index contributed by atoms with van der Waals surface area (Å²) in [6.45, 7) is 0. The van der Waals surface area contributed by atoms with Crippen LogP contribution in [0.1, 0.15) is 15.9 Å². The van der Waals surface area contributed by atoms with Gasteiger partial charge in [0.15, 0.2) is 0 Å². The molecule has 5 heteroatoms. The van der Waals surface area contributed by atoms with Crippen molar-refractivity contribution in [3.05, 3.63) is 58.7 Å². The van der Waals surface area contributed by atoms with Gasteiger partial charge in [-0.25, -0.2) is 9.78 Å². The molecule has 0 radical (unpaired) electrons. The Balaban J connectivity index is 2.12. The van der Waals surface area contributed by atoms with Crippen LogP contribution in [-0.2, 0) is 10.5 Å². The van der Waals surface area contributed by atoms with Crippen molar-refractivity contribution in [1.29, 1.82) is 0 Å².